The van der Waals surface area contributed by atoms with Gasteiger partial charge in [0.2, 0.25) is 0 Å². The predicted octanol–water partition coefficient (Wildman–Crippen LogP) is 3.32. The fourth-order valence-electron chi connectivity index (χ4n) is 2.31. The van der Waals surface area contributed by atoms with Crippen molar-refractivity contribution in [3.05, 3.63) is 58.9 Å². The van der Waals surface area contributed by atoms with Crippen molar-refractivity contribution in [3.8, 4) is 0 Å². The number of aromatic nitrogens is 3. The largest absolute Gasteiger partial charge is 0.392 e. The summed E-state index contributed by atoms with van der Waals surface area (Å²) in [5.41, 5.74) is 4.76. The maximum atomic E-state index is 8.85. The highest BCUT2D eigenvalue weighted by Crippen LogP contribution is 2.15. The van der Waals surface area contributed by atoms with E-state index in [2.05, 4.69) is 48.4 Å². The molecule has 1 N–H and O–H groups in total. The van der Waals surface area contributed by atoms with E-state index in [1.54, 1.807) is 0 Å². The highest BCUT2D eigenvalue weighted by molar-refractivity contribution is 5.24. The van der Waals surface area contributed by atoms with Crippen molar-refractivity contribution in [1.82, 2.24) is 15.0 Å². The van der Waals surface area contributed by atoms with Gasteiger partial charge in [-0.15, -0.1) is 5.10 Å². The van der Waals surface area contributed by atoms with Gasteiger partial charge in [-0.1, -0.05) is 55.0 Å². The Hall–Kier alpha value is -1.94. The van der Waals surface area contributed by atoms with Crippen molar-refractivity contribution in [1.29, 1.82) is 0 Å². The molecular formula is C18H25N3O. The maximum absolute atomic E-state index is 8.85. The first-order chi connectivity index (χ1) is 10.6. The third-order valence-corrected chi connectivity index (χ3v) is 3.79. The highest BCUT2D eigenvalue weighted by atomic mass is 16.2. The van der Waals surface area contributed by atoms with E-state index in [0.29, 0.717) is 5.92 Å². The Balaban J connectivity index is 1.92. The molecule has 4 nitrogen and oxygen atoms in total. The van der Waals surface area contributed by atoms with E-state index in [0.717, 1.165) is 25.1 Å². The number of allylic oxidation sites excluding steroid dienone is 1. The van der Waals surface area contributed by atoms with Crippen molar-refractivity contribution in [3.63, 3.8) is 0 Å². The fraction of sp³-hybridized carbons (Fsp3) is 0.444. The van der Waals surface area contributed by atoms with Crippen LogP contribution < -0.4 is 0 Å². The van der Waals surface area contributed by atoms with Crippen LogP contribution in [0, 0.1) is 0 Å². The zero-order chi connectivity index (χ0) is 15.9. The molecule has 1 aromatic heterocycles. The number of aliphatic hydroxyl groups excluding tert-OH is 1. The van der Waals surface area contributed by atoms with Crippen molar-refractivity contribution in [2.75, 3.05) is 6.61 Å². The predicted molar refractivity (Wildman–Crippen MR) is 88.8 cm³/mol. The fourth-order valence-corrected chi connectivity index (χ4v) is 2.31. The molecule has 2 aromatic rings. The standard InChI is InChI=1S/C18H25N3O/c1-14(2)17-7-5-16(6-8-17)12-21-13-18(19-20-21)9-4-15(3)10-11-22/h5-8,10,13-14,22H,4,9,11-12H2,1-3H3/b15-10+. The molecule has 0 atom stereocenters. The Morgan fingerprint density at radius 2 is 2.00 bits per heavy atom. The number of nitrogens with zero attached hydrogens (tertiary/aromatic N) is 3. The van der Waals surface area contributed by atoms with Crippen molar-refractivity contribution < 1.29 is 5.11 Å². The molecule has 1 aromatic carbocycles. The minimum absolute atomic E-state index is 0.102. The number of hydrogen-bond donors (Lipinski definition) is 1. The molecule has 4 heteroatoms. The summed E-state index contributed by atoms with van der Waals surface area (Å²) in [6, 6.07) is 8.68. The average Bonchev–Trinajstić information content (AvgIpc) is 2.93. The SMILES string of the molecule is C/C(=C\CO)CCc1cn(Cc2ccc(C(C)C)cc2)nn1. The molecule has 0 saturated heterocycles. The molecule has 0 saturated carbocycles. The molecule has 2 rings (SSSR count). The van der Waals surface area contributed by atoms with Crippen LogP contribution >= 0.6 is 0 Å². The lowest BCUT2D eigenvalue weighted by atomic mass is 10.0. The van der Waals surface area contributed by atoms with Gasteiger partial charge in [-0.05, 0) is 36.8 Å². The second-order valence-corrected chi connectivity index (χ2v) is 6.04. The molecule has 0 fully saturated rings. The summed E-state index contributed by atoms with van der Waals surface area (Å²) in [5.74, 6) is 0.558. The molecule has 0 aliphatic heterocycles. The quantitative estimate of drug-likeness (QED) is 0.798. The Kier molecular flexibility index (Phi) is 5.90. The van der Waals surface area contributed by atoms with E-state index in [1.807, 2.05) is 23.9 Å². The number of aliphatic hydroxyl groups is 1. The number of hydrogen-bond acceptors (Lipinski definition) is 3. The Morgan fingerprint density at radius 1 is 1.27 bits per heavy atom. The van der Waals surface area contributed by atoms with Crippen LogP contribution in [0.3, 0.4) is 0 Å². The van der Waals surface area contributed by atoms with Crippen LogP contribution in [0.1, 0.15) is 49.9 Å². The number of rotatable bonds is 7. The van der Waals surface area contributed by atoms with Gasteiger partial charge in [0.05, 0.1) is 18.8 Å². The zero-order valence-corrected chi connectivity index (χ0v) is 13.7. The highest BCUT2D eigenvalue weighted by Gasteiger charge is 2.03. The van der Waals surface area contributed by atoms with Gasteiger partial charge in [-0.25, -0.2) is 4.68 Å². The molecule has 0 spiro atoms. The molecular weight excluding hydrogens is 274 g/mol. The van der Waals surface area contributed by atoms with Crippen LogP contribution in [0.25, 0.3) is 0 Å². The molecule has 0 unspecified atom stereocenters. The van der Waals surface area contributed by atoms with Crippen LogP contribution in [0.15, 0.2) is 42.1 Å². The summed E-state index contributed by atoms with van der Waals surface area (Å²) in [4.78, 5) is 0. The maximum Gasteiger partial charge on any atom is 0.0830 e. The molecule has 22 heavy (non-hydrogen) atoms. The molecule has 0 amide bonds. The molecule has 118 valence electrons. The van der Waals surface area contributed by atoms with Crippen LogP contribution in [0.2, 0.25) is 0 Å². The Morgan fingerprint density at radius 3 is 2.64 bits per heavy atom. The van der Waals surface area contributed by atoms with Gasteiger partial charge in [-0.3, -0.25) is 0 Å². The van der Waals surface area contributed by atoms with E-state index in [9.17, 15) is 0 Å². The third kappa shape index (κ3) is 4.81. The molecule has 1 heterocycles. The summed E-state index contributed by atoms with van der Waals surface area (Å²) in [6.07, 6.45) is 5.60. The van der Waals surface area contributed by atoms with E-state index < -0.39 is 0 Å². The van der Waals surface area contributed by atoms with Crippen LogP contribution in [0.5, 0.6) is 0 Å². The van der Waals surface area contributed by atoms with Crippen molar-refractivity contribution >= 4 is 0 Å². The number of benzene rings is 1. The van der Waals surface area contributed by atoms with Crippen molar-refractivity contribution in [2.45, 2.75) is 46.1 Å². The van der Waals surface area contributed by atoms with E-state index in [-0.39, 0.29) is 6.61 Å². The van der Waals surface area contributed by atoms with Gasteiger partial charge in [0, 0.05) is 6.20 Å². The van der Waals surface area contributed by atoms with E-state index in [4.69, 9.17) is 5.11 Å². The van der Waals surface area contributed by atoms with Crippen LogP contribution in [-0.2, 0) is 13.0 Å². The Labute approximate surface area is 132 Å². The average molecular weight is 299 g/mol. The lowest BCUT2D eigenvalue weighted by Crippen LogP contribution is -2.00. The zero-order valence-electron chi connectivity index (χ0n) is 13.7. The summed E-state index contributed by atoms with van der Waals surface area (Å²) in [6.45, 7) is 7.27. The summed E-state index contributed by atoms with van der Waals surface area (Å²) >= 11 is 0. The monoisotopic (exact) mass is 299 g/mol. The minimum Gasteiger partial charge on any atom is -0.392 e. The Bertz CT molecular complexity index is 612. The summed E-state index contributed by atoms with van der Waals surface area (Å²) < 4.78 is 1.88. The van der Waals surface area contributed by atoms with Crippen LogP contribution in [0.4, 0.5) is 0 Å². The molecule has 0 aliphatic carbocycles. The first-order valence-corrected chi connectivity index (χ1v) is 7.83. The molecule has 0 bridgehead atoms. The summed E-state index contributed by atoms with van der Waals surface area (Å²) in [5, 5.41) is 17.3. The lowest BCUT2D eigenvalue weighted by molar-refractivity contribution is 0.341. The van der Waals surface area contributed by atoms with Gasteiger partial charge < -0.3 is 5.11 Å². The number of aryl methyl sites for hydroxylation is 1. The van der Waals surface area contributed by atoms with Gasteiger partial charge >= 0.3 is 0 Å². The van der Waals surface area contributed by atoms with Gasteiger partial charge in [0.25, 0.3) is 0 Å². The topological polar surface area (TPSA) is 50.9 Å². The normalized spacial score (nSPS) is 12.1. The molecule has 0 aliphatic rings. The van der Waals surface area contributed by atoms with Crippen LogP contribution in [-0.4, -0.2) is 26.7 Å². The smallest absolute Gasteiger partial charge is 0.0830 e. The van der Waals surface area contributed by atoms with Gasteiger partial charge in [-0.2, -0.15) is 0 Å². The third-order valence-electron chi connectivity index (χ3n) is 3.79. The van der Waals surface area contributed by atoms with E-state index >= 15 is 0 Å². The van der Waals surface area contributed by atoms with Gasteiger partial charge in [0.15, 0.2) is 0 Å². The summed E-state index contributed by atoms with van der Waals surface area (Å²) in [7, 11) is 0. The minimum atomic E-state index is 0.102. The first kappa shape index (κ1) is 16.4. The van der Waals surface area contributed by atoms with E-state index in [1.165, 1.54) is 16.7 Å². The molecule has 0 radical (unpaired) electrons. The lowest BCUT2D eigenvalue weighted by Gasteiger charge is -2.06. The second kappa shape index (κ2) is 7.90. The second-order valence-electron chi connectivity index (χ2n) is 6.04. The van der Waals surface area contributed by atoms with Gasteiger partial charge in [0.1, 0.15) is 0 Å². The van der Waals surface area contributed by atoms with Crippen molar-refractivity contribution in [2.24, 2.45) is 0 Å². The first-order valence-electron chi connectivity index (χ1n) is 7.83.